The summed E-state index contributed by atoms with van der Waals surface area (Å²) in [5.74, 6) is -0.0764. The molecule has 0 saturated carbocycles. The SMILES string of the molecule is Cc1snc([O-])c1C. The van der Waals surface area contributed by atoms with Gasteiger partial charge in [-0.05, 0) is 30.9 Å². The lowest BCUT2D eigenvalue weighted by atomic mass is 10.3. The Kier molecular flexibility index (Phi) is 1.21. The van der Waals surface area contributed by atoms with E-state index in [-0.39, 0.29) is 5.88 Å². The predicted molar refractivity (Wildman–Crippen MR) is 31.0 cm³/mol. The third-order valence-electron chi connectivity index (χ3n) is 1.11. The molecule has 0 atom stereocenters. The topological polar surface area (TPSA) is 36.0 Å². The van der Waals surface area contributed by atoms with Crippen molar-refractivity contribution in [3.63, 3.8) is 0 Å². The quantitative estimate of drug-likeness (QED) is 0.519. The molecule has 0 N–H and O–H groups in total. The highest BCUT2D eigenvalue weighted by molar-refractivity contribution is 7.06. The maximum absolute atomic E-state index is 10.5. The van der Waals surface area contributed by atoms with E-state index in [0.717, 1.165) is 10.4 Å². The van der Waals surface area contributed by atoms with E-state index in [1.54, 1.807) is 6.92 Å². The van der Waals surface area contributed by atoms with E-state index in [1.807, 2.05) is 6.92 Å². The molecule has 0 aliphatic carbocycles. The van der Waals surface area contributed by atoms with E-state index >= 15 is 0 Å². The van der Waals surface area contributed by atoms with Crippen LogP contribution in [0.1, 0.15) is 10.4 Å². The Bertz CT molecular complexity index is 175. The molecule has 0 aliphatic rings. The average Bonchev–Trinajstić information content (AvgIpc) is 1.98. The summed E-state index contributed by atoms with van der Waals surface area (Å²) in [4.78, 5) is 1.02. The minimum Gasteiger partial charge on any atom is -0.858 e. The van der Waals surface area contributed by atoms with Gasteiger partial charge in [-0.3, -0.25) is 0 Å². The van der Waals surface area contributed by atoms with Crippen LogP contribution >= 0.6 is 11.5 Å². The minimum absolute atomic E-state index is 0.0764. The molecule has 2 nitrogen and oxygen atoms in total. The lowest BCUT2D eigenvalue weighted by Crippen LogP contribution is -1.90. The Morgan fingerprint density at radius 1 is 1.50 bits per heavy atom. The lowest BCUT2D eigenvalue weighted by molar-refractivity contribution is -0.274. The zero-order chi connectivity index (χ0) is 6.15. The van der Waals surface area contributed by atoms with Gasteiger partial charge in [-0.1, -0.05) is 0 Å². The number of nitrogens with zero attached hydrogens (tertiary/aromatic N) is 1. The van der Waals surface area contributed by atoms with E-state index in [2.05, 4.69) is 4.37 Å². The average molecular weight is 128 g/mol. The Hall–Kier alpha value is -0.570. The summed E-state index contributed by atoms with van der Waals surface area (Å²) in [5.41, 5.74) is 0.787. The molecule has 0 aliphatic heterocycles. The zero-order valence-corrected chi connectivity index (χ0v) is 5.58. The van der Waals surface area contributed by atoms with Gasteiger partial charge >= 0.3 is 0 Å². The largest absolute Gasteiger partial charge is 0.858 e. The smallest absolute Gasteiger partial charge is 0.0244 e. The van der Waals surface area contributed by atoms with Gasteiger partial charge in [0.05, 0.1) is 0 Å². The Labute approximate surface area is 52.0 Å². The van der Waals surface area contributed by atoms with Crippen LogP contribution < -0.4 is 5.11 Å². The van der Waals surface area contributed by atoms with Gasteiger partial charge in [0, 0.05) is 10.8 Å². The van der Waals surface area contributed by atoms with E-state index in [1.165, 1.54) is 11.5 Å². The summed E-state index contributed by atoms with van der Waals surface area (Å²) in [6.45, 7) is 3.69. The molecule has 0 spiro atoms. The van der Waals surface area contributed by atoms with Gasteiger partial charge in [0.15, 0.2) is 0 Å². The summed E-state index contributed by atoms with van der Waals surface area (Å²) >= 11 is 1.27. The molecule has 1 heterocycles. The third-order valence-corrected chi connectivity index (χ3v) is 1.95. The summed E-state index contributed by atoms with van der Waals surface area (Å²) in [6.07, 6.45) is 0. The monoisotopic (exact) mass is 128 g/mol. The van der Waals surface area contributed by atoms with Crippen LogP contribution in [0.4, 0.5) is 0 Å². The van der Waals surface area contributed by atoms with Gasteiger partial charge in [-0.2, -0.15) is 0 Å². The van der Waals surface area contributed by atoms with Gasteiger partial charge in [0.1, 0.15) is 0 Å². The van der Waals surface area contributed by atoms with Crippen LogP contribution in [-0.2, 0) is 0 Å². The summed E-state index contributed by atoms with van der Waals surface area (Å²) in [7, 11) is 0. The van der Waals surface area contributed by atoms with Crippen LogP contribution in [0.5, 0.6) is 5.88 Å². The first-order chi connectivity index (χ1) is 3.72. The van der Waals surface area contributed by atoms with Crippen LogP contribution in [0, 0.1) is 13.8 Å². The van der Waals surface area contributed by atoms with E-state index in [4.69, 9.17) is 0 Å². The second-order valence-corrected chi connectivity index (χ2v) is 2.65. The van der Waals surface area contributed by atoms with E-state index in [9.17, 15) is 5.11 Å². The molecule has 1 aromatic rings. The fraction of sp³-hybridized carbons (Fsp3) is 0.400. The second kappa shape index (κ2) is 1.74. The van der Waals surface area contributed by atoms with Crippen molar-refractivity contribution < 1.29 is 5.11 Å². The van der Waals surface area contributed by atoms with Gasteiger partial charge in [0.2, 0.25) is 0 Å². The van der Waals surface area contributed by atoms with Crippen LogP contribution in [0.3, 0.4) is 0 Å². The molecule has 0 amide bonds. The summed E-state index contributed by atoms with van der Waals surface area (Å²) < 4.78 is 3.60. The molecular weight excluding hydrogens is 122 g/mol. The highest BCUT2D eigenvalue weighted by Gasteiger charge is 1.93. The molecule has 8 heavy (non-hydrogen) atoms. The third kappa shape index (κ3) is 0.690. The predicted octanol–water partition coefficient (Wildman–Crippen LogP) is 0.834. The molecule has 0 fully saturated rings. The molecule has 44 valence electrons. The Morgan fingerprint density at radius 2 is 2.12 bits per heavy atom. The highest BCUT2D eigenvalue weighted by Crippen LogP contribution is 2.18. The van der Waals surface area contributed by atoms with Crippen molar-refractivity contribution >= 4 is 11.5 Å². The normalized spacial score (nSPS) is 9.75. The molecule has 0 aromatic carbocycles. The van der Waals surface area contributed by atoms with Crippen molar-refractivity contribution in [3.8, 4) is 5.88 Å². The molecule has 1 rings (SSSR count). The van der Waals surface area contributed by atoms with Crippen molar-refractivity contribution in [1.82, 2.24) is 4.37 Å². The van der Waals surface area contributed by atoms with Crippen molar-refractivity contribution in [3.05, 3.63) is 10.4 Å². The standard InChI is InChI=1S/C5H7NOS/c1-3-4(2)8-6-5(3)7/h1-2H3,(H,6,7)/p-1. The molecule has 0 bridgehead atoms. The first-order valence-electron chi connectivity index (χ1n) is 2.31. The van der Waals surface area contributed by atoms with Crippen molar-refractivity contribution in [2.45, 2.75) is 13.8 Å². The molecule has 0 radical (unpaired) electrons. The fourth-order valence-electron chi connectivity index (χ4n) is 0.397. The van der Waals surface area contributed by atoms with E-state index < -0.39 is 0 Å². The number of hydrogen-bond acceptors (Lipinski definition) is 3. The van der Waals surface area contributed by atoms with Gasteiger partial charge < -0.3 is 5.11 Å². The van der Waals surface area contributed by atoms with Crippen LogP contribution in [0.25, 0.3) is 0 Å². The first kappa shape index (κ1) is 5.56. The van der Waals surface area contributed by atoms with Gasteiger partial charge in [0.25, 0.3) is 0 Å². The van der Waals surface area contributed by atoms with Crippen LogP contribution in [0.15, 0.2) is 0 Å². The number of aryl methyl sites for hydroxylation is 1. The summed E-state index contributed by atoms with van der Waals surface area (Å²) in [6, 6.07) is 0. The van der Waals surface area contributed by atoms with Crippen molar-refractivity contribution in [1.29, 1.82) is 0 Å². The molecule has 0 saturated heterocycles. The Balaban J connectivity index is 3.19. The molecule has 3 heteroatoms. The molecule has 1 aromatic heterocycles. The van der Waals surface area contributed by atoms with Crippen LogP contribution in [0.2, 0.25) is 0 Å². The van der Waals surface area contributed by atoms with Gasteiger partial charge in [-0.25, -0.2) is 4.37 Å². The van der Waals surface area contributed by atoms with Crippen LogP contribution in [-0.4, -0.2) is 4.37 Å². The van der Waals surface area contributed by atoms with Crippen molar-refractivity contribution in [2.75, 3.05) is 0 Å². The van der Waals surface area contributed by atoms with E-state index in [0.29, 0.717) is 0 Å². The maximum atomic E-state index is 10.5. The summed E-state index contributed by atoms with van der Waals surface area (Å²) in [5, 5.41) is 10.5. The van der Waals surface area contributed by atoms with Crippen molar-refractivity contribution in [2.24, 2.45) is 0 Å². The second-order valence-electron chi connectivity index (χ2n) is 1.67. The van der Waals surface area contributed by atoms with Gasteiger partial charge in [-0.15, -0.1) is 0 Å². The minimum atomic E-state index is -0.0764. The number of rotatable bonds is 0. The zero-order valence-electron chi connectivity index (χ0n) is 4.76. The Morgan fingerprint density at radius 3 is 2.25 bits per heavy atom. The highest BCUT2D eigenvalue weighted by atomic mass is 32.1. The molecule has 0 unspecified atom stereocenters. The number of hydrogen-bond donors (Lipinski definition) is 0. The maximum Gasteiger partial charge on any atom is 0.0244 e. The first-order valence-corrected chi connectivity index (χ1v) is 3.09. The lowest BCUT2D eigenvalue weighted by Gasteiger charge is -1.96. The number of aromatic nitrogens is 1. The fourth-order valence-corrected chi connectivity index (χ4v) is 0.978. The molecular formula is C5H6NOS-.